The molecule has 0 aliphatic carbocycles. The highest BCUT2D eigenvalue weighted by Crippen LogP contribution is 2.46. The molecule has 0 atom stereocenters. The van der Waals surface area contributed by atoms with E-state index in [1.54, 1.807) is 0 Å². The molecule has 0 saturated heterocycles. The SMILES string of the molecule is BrC(Br)(Br)c1ccc([B-](c2ccc(C(Br)(Br)Br)cc2)(c2ccc(C(Br)(Br)Br)cc2)c2ccc(C(Br)(Br)Br)cc2)cc1. The van der Waals surface area contributed by atoms with E-state index in [9.17, 15) is 0 Å². The second kappa shape index (κ2) is 14.1. The summed E-state index contributed by atoms with van der Waals surface area (Å²) in [6, 6.07) is 34.9. The average Bonchev–Trinajstić information content (AvgIpc) is 2.88. The number of alkyl halides is 12. The largest absolute Gasteiger partial charge is 0.195 e. The molecule has 0 aromatic heterocycles. The number of benzene rings is 4. The van der Waals surface area contributed by atoms with Crippen LogP contribution in [0.4, 0.5) is 0 Å². The highest BCUT2D eigenvalue weighted by Gasteiger charge is 2.34. The van der Waals surface area contributed by atoms with Gasteiger partial charge in [-0.2, -0.15) is 21.9 Å². The van der Waals surface area contributed by atoms with Crippen LogP contribution in [0.3, 0.4) is 0 Å². The van der Waals surface area contributed by atoms with Crippen molar-refractivity contribution in [3.05, 3.63) is 119 Å². The van der Waals surface area contributed by atoms with Gasteiger partial charge in [-0.1, -0.05) is 288 Å². The van der Waals surface area contributed by atoms with Gasteiger partial charge in [-0.15, -0.1) is 0 Å². The minimum atomic E-state index is -1.62. The molecule has 216 valence electrons. The maximum absolute atomic E-state index is 3.67. The Labute approximate surface area is 341 Å². The highest BCUT2D eigenvalue weighted by molar-refractivity contribution is 9.39. The lowest BCUT2D eigenvalue weighted by molar-refractivity contribution is 1.36. The summed E-state index contributed by atoms with van der Waals surface area (Å²) >= 11 is 44.1. The van der Waals surface area contributed by atoms with Gasteiger partial charge >= 0.3 is 0 Å². The predicted molar refractivity (Wildman–Crippen MR) is 224 cm³/mol. The summed E-state index contributed by atoms with van der Waals surface area (Å²) in [5.74, 6) is 0. The van der Waals surface area contributed by atoms with Crippen molar-refractivity contribution < 1.29 is 0 Å². The van der Waals surface area contributed by atoms with Crippen LogP contribution in [0.25, 0.3) is 0 Å². The zero-order chi connectivity index (χ0) is 30.4. The molecule has 4 aromatic carbocycles. The second-order valence-electron chi connectivity index (χ2n) is 9.35. The molecular weight excluding hydrogens is 1310 g/mol. The molecule has 0 aliphatic rings. The third-order valence-electron chi connectivity index (χ3n) is 6.95. The summed E-state index contributed by atoms with van der Waals surface area (Å²) in [4.78, 5) is 0. The number of hydrogen-bond donors (Lipinski definition) is 0. The van der Waals surface area contributed by atoms with E-state index in [0.29, 0.717) is 0 Å². The first-order chi connectivity index (χ1) is 18.8. The molecule has 4 aromatic rings. The van der Waals surface area contributed by atoms with Crippen LogP contribution >= 0.6 is 191 Å². The molecule has 4 rings (SSSR count). The van der Waals surface area contributed by atoms with Crippen molar-refractivity contribution in [1.82, 2.24) is 0 Å². The van der Waals surface area contributed by atoms with Gasteiger partial charge < -0.3 is 0 Å². The lowest BCUT2D eigenvalue weighted by atomic mass is 9.13. The van der Waals surface area contributed by atoms with Crippen molar-refractivity contribution in [2.24, 2.45) is 0 Å². The molecule has 0 radical (unpaired) electrons. The average molecular weight is 1320 g/mol. The molecule has 0 amide bonds. The lowest BCUT2D eigenvalue weighted by Gasteiger charge is -2.45. The Hall–Kier alpha value is 2.70. The van der Waals surface area contributed by atoms with Gasteiger partial charge in [0, 0.05) is 0 Å². The van der Waals surface area contributed by atoms with Gasteiger partial charge in [-0.25, -0.2) is 0 Å². The maximum atomic E-state index is 3.67. The summed E-state index contributed by atoms with van der Waals surface area (Å²) in [6.07, 6.45) is -1.62. The molecule has 0 bridgehead atoms. The quantitative estimate of drug-likeness (QED) is 0.141. The van der Waals surface area contributed by atoms with Crippen molar-refractivity contribution >= 4 is 219 Å². The zero-order valence-electron chi connectivity index (χ0n) is 20.4. The van der Waals surface area contributed by atoms with Crippen molar-refractivity contribution in [1.29, 1.82) is 0 Å². The van der Waals surface area contributed by atoms with Crippen molar-refractivity contribution in [3.8, 4) is 0 Å². The Morgan fingerprint density at radius 1 is 0.268 bits per heavy atom. The fourth-order valence-corrected chi connectivity index (χ4v) is 8.17. The fourth-order valence-electron chi connectivity index (χ4n) is 5.00. The van der Waals surface area contributed by atoms with Crippen LogP contribution in [0, 0.1) is 0 Å². The topological polar surface area (TPSA) is 0 Å². The maximum Gasteiger partial charge on any atom is 0.159 e. The Morgan fingerprint density at radius 2 is 0.415 bits per heavy atom. The summed E-state index contributed by atoms with van der Waals surface area (Å²) in [6.45, 7) is 0. The van der Waals surface area contributed by atoms with Gasteiger partial charge in [0.05, 0.1) is 0 Å². The fraction of sp³-hybridized carbons (Fsp3) is 0.143. The molecule has 0 heterocycles. The molecule has 0 aliphatic heterocycles. The Bertz CT molecular complexity index is 1240. The van der Waals surface area contributed by atoms with Crippen LogP contribution in [0.2, 0.25) is 0 Å². The molecular formula is C28H16BBr12-. The van der Waals surface area contributed by atoms with Crippen LogP contribution in [0.5, 0.6) is 0 Å². The lowest BCUT2D eigenvalue weighted by Crippen LogP contribution is -2.74. The second-order valence-corrected chi connectivity index (χ2v) is 36.4. The first-order valence-electron chi connectivity index (χ1n) is 11.7. The van der Waals surface area contributed by atoms with Crippen molar-refractivity contribution in [3.63, 3.8) is 0 Å². The van der Waals surface area contributed by atoms with Gasteiger partial charge in [0.25, 0.3) is 0 Å². The van der Waals surface area contributed by atoms with E-state index >= 15 is 0 Å². The molecule has 13 heteroatoms. The van der Waals surface area contributed by atoms with Gasteiger partial charge in [0.1, 0.15) is 6.15 Å². The van der Waals surface area contributed by atoms with Crippen LogP contribution in [0.1, 0.15) is 22.3 Å². The molecule has 0 spiro atoms. The van der Waals surface area contributed by atoms with Crippen molar-refractivity contribution in [2.45, 2.75) is 8.57 Å². The van der Waals surface area contributed by atoms with E-state index < -0.39 is 14.7 Å². The first-order valence-corrected chi connectivity index (χ1v) is 21.2. The van der Waals surface area contributed by atoms with E-state index in [1.165, 1.54) is 21.9 Å². The van der Waals surface area contributed by atoms with Crippen LogP contribution in [-0.4, -0.2) is 6.15 Å². The van der Waals surface area contributed by atoms with E-state index in [-0.39, 0.29) is 0 Å². The van der Waals surface area contributed by atoms with Crippen LogP contribution < -0.4 is 21.9 Å². The number of hydrogen-bond acceptors (Lipinski definition) is 0. The molecule has 0 unspecified atom stereocenters. The third kappa shape index (κ3) is 8.60. The van der Waals surface area contributed by atoms with E-state index in [1.807, 2.05) is 0 Å². The van der Waals surface area contributed by atoms with Crippen LogP contribution in [0.15, 0.2) is 97.1 Å². The number of rotatable bonds is 4. The zero-order valence-corrected chi connectivity index (χ0v) is 39.4. The van der Waals surface area contributed by atoms with E-state index in [0.717, 1.165) is 22.3 Å². The molecule has 0 saturated carbocycles. The van der Waals surface area contributed by atoms with Gasteiger partial charge in [0.15, 0.2) is 8.57 Å². The van der Waals surface area contributed by atoms with Gasteiger partial charge in [-0.05, 0) is 22.3 Å². The minimum absolute atomic E-state index is 0.507. The Kier molecular flexibility index (Phi) is 12.5. The summed E-state index contributed by atoms with van der Waals surface area (Å²) in [7, 11) is 0. The molecule has 0 N–H and O–H groups in total. The first kappa shape index (κ1) is 36.5. The summed E-state index contributed by atoms with van der Waals surface area (Å²) in [5, 5.41) is 0. The van der Waals surface area contributed by atoms with Gasteiger partial charge in [-0.3, -0.25) is 0 Å². The number of halogens is 12. The molecule has 0 fully saturated rings. The predicted octanol–water partition coefficient (Wildman–Crippen LogP) is 12.2. The van der Waals surface area contributed by atoms with Gasteiger partial charge in [0.2, 0.25) is 0 Å². The Balaban J connectivity index is 2.09. The molecule has 0 nitrogen and oxygen atoms in total. The Morgan fingerprint density at radius 3 is 0.537 bits per heavy atom. The monoisotopic (exact) mass is 1310 g/mol. The molecule has 41 heavy (non-hydrogen) atoms. The van der Waals surface area contributed by atoms with Crippen molar-refractivity contribution in [2.75, 3.05) is 0 Å². The summed E-state index contributed by atoms with van der Waals surface area (Å²) in [5.41, 5.74) is 8.97. The van der Waals surface area contributed by atoms with E-state index in [2.05, 4.69) is 288 Å². The summed E-state index contributed by atoms with van der Waals surface area (Å²) < 4.78 is -2.03. The standard InChI is InChI=1S/C28H16BBr12/c30-25(31,32)17-1-9-21(10-2-17)29(22-11-3-18(4-12-22)26(33,34)35,23-13-5-19(6-14-23)27(36,37)38)24-15-7-20(8-16-24)28(39,40)41/h1-16H/q-1. The third-order valence-corrected chi connectivity index (χ3v) is 12.4. The minimum Gasteiger partial charge on any atom is -0.195 e. The highest BCUT2D eigenvalue weighted by atomic mass is 80.0. The smallest absolute Gasteiger partial charge is 0.159 e. The van der Waals surface area contributed by atoms with E-state index in [4.69, 9.17) is 0 Å². The van der Waals surface area contributed by atoms with Crippen LogP contribution in [-0.2, 0) is 8.57 Å². The normalized spacial score (nSPS) is 13.4.